The lowest BCUT2D eigenvalue weighted by Gasteiger charge is -2.27. The van der Waals surface area contributed by atoms with E-state index in [4.69, 9.17) is 0 Å². The summed E-state index contributed by atoms with van der Waals surface area (Å²) >= 11 is 0. The van der Waals surface area contributed by atoms with E-state index in [1.165, 1.54) is 78.2 Å². The molecule has 0 saturated heterocycles. The third-order valence-electron chi connectivity index (χ3n) is 9.99. The summed E-state index contributed by atoms with van der Waals surface area (Å²) in [5.41, 5.74) is 18.5. The van der Waals surface area contributed by atoms with Gasteiger partial charge >= 0.3 is 0 Å². The van der Waals surface area contributed by atoms with Gasteiger partial charge in [0.1, 0.15) is 0 Å². The number of nitrogens with zero attached hydrogens (tertiary/aromatic N) is 1. The predicted octanol–water partition coefficient (Wildman–Crippen LogP) is 12.1. The maximum absolute atomic E-state index is 2.45. The Morgan fingerprint density at radius 1 is 0.617 bits per heavy atom. The minimum atomic E-state index is 0.385. The fraction of sp³-hybridized carbons (Fsp3) is 0.174. The molecule has 5 aromatic carbocycles. The van der Waals surface area contributed by atoms with Gasteiger partial charge in [-0.25, -0.2) is 0 Å². The molecular weight excluding hydrogens is 567 g/mol. The Bertz CT molecular complexity index is 2050. The molecule has 0 aromatic heterocycles. The Morgan fingerprint density at radius 2 is 1.30 bits per heavy atom. The summed E-state index contributed by atoms with van der Waals surface area (Å²) in [5.74, 6) is 0.385. The van der Waals surface area contributed by atoms with Crippen LogP contribution in [0, 0.1) is 20.8 Å². The number of rotatable bonds is 5. The maximum atomic E-state index is 2.45. The van der Waals surface area contributed by atoms with Gasteiger partial charge in [-0.05, 0) is 119 Å². The molecule has 1 atom stereocenters. The van der Waals surface area contributed by atoms with Crippen molar-refractivity contribution in [3.05, 3.63) is 190 Å². The van der Waals surface area contributed by atoms with Crippen molar-refractivity contribution < 1.29 is 0 Å². The molecule has 1 unspecified atom stereocenters. The van der Waals surface area contributed by atoms with Gasteiger partial charge in [0.25, 0.3) is 0 Å². The number of anilines is 2. The summed E-state index contributed by atoms with van der Waals surface area (Å²) in [6.07, 6.45) is 13.6. The van der Waals surface area contributed by atoms with E-state index in [1.54, 1.807) is 0 Å². The second-order valence-corrected chi connectivity index (χ2v) is 13.1. The van der Waals surface area contributed by atoms with Crippen molar-refractivity contribution in [2.75, 3.05) is 11.4 Å². The first-order chi connectivity index (χ1) is 23.0. The van der Waals surface area contributed by atoms with Crippen LogP contribution < -0.4 is 4.90 Å². The highest BCUT2D eigenvalue weighted by molar-refractivity contribution is 5.80. The Morgan fingerprint density at radius 3 is 2.02 bits per heavy atom. The van der Waals surface area contributed by atoms with Crippen LogP contribution in [0.4, 0.5) is 11.4 Å². The molecule has 1 nitrogen and oxygen atoms in total. The van der Waals surface area contributed by atoms with Crippen LogP contribution in [-0.2, 0) is 6.42 Å². The zero-order chi connectivity index (χ0) is 32.3. The number of allylic oxidation sites excluding steroid dienone is 7. The molecule has 5 aromatic rings. The van der Waals surface area contributed by atoms with Crippen LogP contribution in [0.25, 0.3) is 22.3 Å². The molecular formula is C46H43N. The largest absolute Gasteiger partial charge is 0.337 e. The van der Waals surface area contributed by atoms with Crippen LogP contribution in [0.5, 0.6) is 0 Å². The number of hydrogen-bond donors (Lipinski definition) is 0. The molecule has 232 valence electrons. The molecule has 0 radical (unpaired) electrons. The number of para-hydroxylation sites is 1. The van der Waals surface area contributed by atoms with Crippen LogP contribution in [0.3, 0.4) is 0 Å². The number of hydrogen-bond acceptors (Lipinski definition) is 1. The third-order valence-corrected chi connectivity index (χ3v) is 9.99. The van der Waals surface area contributed by atoms with Gasteiger partial charge in [-0.2, -0.15) is 0 Å². The van der Waals surface area contributed by atoms with Gasteiger partial charge in [-0.15, -0.1) is 0 Å². The molecule has 0 spiro atoms. The molecule has 1 aliphatic carbocycles. The van der Waals surface area contributed by atoms with Gasteiger partial charge in [0.15, 0.2) is 0 Å². The third kappa shape index (κ3) is 6.31. The van der Waals surface area contributed by atoms with E-state index in [9.17, 15) is 0 Å². The molecule has 0 saturated carbocycles. The molecule has 47 heavy (non-hydrogen) atoms. The van der Waals surface area contributed by atoms with E-state index in [2.05, 4.69) is 178 Å². The lowest BCUT2D eigenvalue weighted by atomic mass is 9.85. The minimum Gasteiger partial charge on any atom is -0.337 e. The molecule has 0 fully saturated rings. The number of fused-ring (bicyclic) bond motifs is 1. The van der Waals surface area contributed by atoms with Crippen molar-refractivity contribution in [2.24, 2.45) is 0 Å². The van der Waals surface area contributed by atoms with Crippen molar-refractivity contribution in [1.82, 2.24) is 0 Å². The fourth-order valence-corrected chi connectivity index (χ4v) is 7.20. The smallest absolute Gasteiger partial charge is 0.0449 e. The molecule has 1 heteroatoms. The molecule has 1 heterocycles. The van der Waals surface area contributed by atoms with Gasteiger partial charge < -0.3 is 4.90 Å². The van der Waals surface area contributed by atoms with Gasteiger partial charge in [0.2, 0.25) is 0 Å². The first-order valence-corrected chi connectivity index (χ1v) is 16.9. The lowest BCUT2D eigenvalue weighted by Crippen LogP contribution is -2.18. The van der Waals surface area contributed by atoms with Crippen molar-refractivity contribution in [3.8, 4) is 11.1 Å². The van der Waals surface area contributed by atoms with Gasteiger partial charge in [-0.1, -0.05) is 127 Å². The van der Waals surface area contributed by atoms with E-state index in [0.717, 1.165) is 19.4 Å². The topological polar surface area (TPSA) is 3.24 Å². The summed E-state index contributed by atoms with van der Waals surface area (Å²) in [6, 6.07) is 42.5. The van der Waals surface area contributed by atoms with Gasteiger partial charge in [0.05, 0.1) is 0 Å². The molecule has 0 bridgehead atoms. The second kappa shape index (κ2) is 13.3. The maximum Gasteiger partial charge on any atom is 0.0449 e. The zero-order valence-electron chi connectivity index (χ0n) is 28.0. The average Bonchev–Trinajstić information content (AvgIpc) is 3.17. The van der Waals surface area contributed by atoms with E-state index in [0.29, 0.717) is 5.92 Å². The molecule has 7 rings (SSSR count). The normalized spacial score (nSPS) is 18.5. The van der Waals surface area contributed by atoms with E-state index < -0.39 is 0 Å². The highest BCUT2D eigenvalue weighted by atomic mass is 15.1. The SMILES string of the molecule is CC1=C(\c2ccccc2C)Cc2ccccc2N(c2ccc(C3=CCC(c4ccc(C)c(-c5ccccc5C)c4)C=C3)cc2)C/C=C\1. The summed E-state index contributed by atoms with van der Waals surface area (Å²) in [5, 5.41) is 0. The van der Waals surface area contributed by atoms with Crippen molar-refractivity contribution in [3.63, 3.8) is 0 Å². The van der Waals surface area contributed by atoms with E-state index in [1.807, 2.05) is 0 Å². The van der Waals surface area contributed by atoms with E-state index in [-0.39, 0.29) is 0 Å². The van der Waals surface area contributed by atoms with Gasteiger partial charge in [0, 0.05) is 30.3 Å². The average molecular weight is 610 g/mol. The van der Waals surface area contributed by atoms with Crippen molar-refractivity contribution in [2.45, 2.75) is 46.5 Å². The summed E-state index contributed by atoms with van der Waals surface area (Å²) in [7, 11) is 0. The number of aryl methyl sites for hydroxylation is 3. The van der Waals surface area contributed by atoms with E-state index >= 15 is 0 Å². The summed E-state index contributed by atoms with van der Waals surface area (Å²) < 4.78 is 0. The lowest BCUT2D eigenvalue weighted by molar-refractivity contribution is 0.856. The first-order valence-electron chi connectivity index (χ1n) is 16.9. The minimum absolute atomic E-state index is 0.385. The Labute approximate surface area is 280 Å². The van der Waals surface area contributed by atoms with Crippen LogP contribution in [0.1, 0.15) is 58.2 Å². The van der Waals surface area contributed by atoms with Crippen LogP contribution in [0.2, 0.25) is 0 Å². The number of benzene rings is 5. The summed E-state index contributed by atoms with van der Waals surface area (Å²) in [4.78, 5) is 2.45. The standard InChI is InChI=1S/C46H43N/c1-32-12-5-8-16-42(32)44-30-39(20-19-35(44)4)38-23-21-36(22-24-38)37-25-27-41(28-26-37)47-29-11-14-34(3)45(43-17-9-6-13-33(43)2)31-40-15-7-10-18-46(40)47/h5-23,25-28,30,38H,24,29,31H2,1-4H3/b14-11-,45-34+. The quantitative estimate of drug-likeness (QED) is 0.192. The first kappa shape index (κ1) is 30.5. The van der Waals surface area contributed by atoms with Crippen molar-refractivity contribution >= 4 is 22.5 Å². The fourth-order valence-electron chi connectivity index (χ4n) is 7.20. The van der Waals surface area contributed by atoms with Crippen LogP contribution in [-0.4, -0.2) is 6.54 Å². The second-order valence-electron chi connectivity index (χ2n) is 13.1. The monoisotopic (exact) mass is 609 g/mol. The van der Waals surface area contributed by atoms with Crippen LogP contribution >= 0.6 is 0 Å². The zero-order valence-corrected chi connectivity index (χ0v) is 28.0. The Balaban J connectivity index is 1.11. The highest BCUT2D eigenvalue weighted by Crippen LogP contribution is 2.38. The predicted molar refractivity (Wildman–Crippen MR) is 202 cm³/mol. The molecule has 0 N–H and O–H groups in total. The van der Waals surface area contributed by atoms with Crippen molar-refractivity contribution in [1.29, 1.82) is 0 Å². The molecule has 1 aliphatic heterocycles. The van der Waals surface area contributed by atoms with Crippen LogP contribution in [0.15, 0.2) is 151 Å². The molecule has 2 aliphatic rings. The highest BCUT2D eigenvalue weighted by Gasteiger charge is 2.19. The Hall–Kier alpha value is -5.14. The molecule has 0 amide bonds. The van der Waals surface area contributed by atoms with Gasteiger partial charge in [-0.3, -0.25) is 0 Å². The Kier molecular flexibility index (Phi) is 8.64. The summed E-state index contributed by atoms with van der Waals surface area (Å²) in [6.45, 7) is 9.71.